The van der Waals surface area contributed by atoms with Crippen LogP contribution in [0, 0.1) is 6.92 Å². The number of H-pyrrole nitrogens is 1. The van der Waals surface area contributed by atoms with Gasteiger partial charge in [-0.3, -0.25) is 0 Å². The van der Waals surface area contributed by atoms with Crippen molar-refractivity contribution in [1.82, 2.24) is 10.3 Å². The Hall–Kier alpha value is -3.31. The molecular formula is C25H25N3OS. The van der Waals surface area contributed by atoms with Crippen LogP contribution in [0.5, 0.6) is 5.75 Å². The van der Waals surface area contributed by atoms with Gasteiger partial charge in [0.1, 0.15) is 5.75 Å². The average molecular weight is 416 g/mol. The molecule has 0 aliphatic rings. The van der Waals surface area contributed by atoms with Crippen molar-refractivity contribution < 1.29 is 4.74 Å². The zero-order valence-electron chi connectivity index (χ0n) is 17.1. The highest BCUT2D eigenvalue weighted by molar-refractivity contribution is 7.80. The van der Waals surface area contributed by atoms with Crippen LogP contribution in [0.2, 0.25) is 0 Å². The molecule has 1 heterocycles. The summed E-state index contributed by atoms with van der Waals surface area (Å²) >= 11 is 5.58. The second kappa shape index (κ2) is 9.01. The van der Waals surface area contributed by atoms with Gasteiger partial charge in [-0.15, -0.1) is 0 Å². The molecule has 0 amide bonds. The molecule has 0 aliphatic heterocycles. The van der Waals surface area contributed by atoms with Crippen LogP contribution >= 0.6 is 12.2 Å². The average Bonchev–Trinajstić information content (AvgIpc) is 3.20. The van der Waals surface area contributed by atoms with E-state index >= 15 is 0 Å². The molecule has 4 nitrogen and oxygen atoms in total. The van der Waals surface area contributed by atoms with E-state index in [2.05, 4.69) is 65.1 Å². The Kier molecular flexibility index (Phi) is 6.00. The summed E-state index contributed by atoms with van der Waals surface area (Å²) in [5.41, 5.74) is 5.74. The van der Waals surface area contributed by atoms with E-state index in [1.807, 2.05) is 36.4 Å². The molecule has 0 unspecified atom stereocenters. The van der Waals surface area contributed by atoms with E-state index in [1.54, 1.807) is 7.11 Å². The lowest BCUT2D eigenvalue weighted by Gasteiger charge is -2.20. The zero-order valence-corrected chi connectivity index (χ0v) is 17.9. The first-order valence-electron chi connectivity index (χ1n) is 9.96. The SMILES string of the molecule is COc1ccc([C@@H](CNC(=S)Nc2ccccc2C)c2c[nH]c3ccccc23)cc1. The number of benzene rings is 3. The lowest BCUT2D eigenvalue weighted by molar-refractivity contribution is 0.414. The Bertz CT molecular complexity index is 1150. The number of aryl methyl sites for hydroxylation is 1. The summed E-state index contributed by atoms with van der Waals surface area (Å²) in [5, 5.41) is 8.56. The number of rotatable bonds is 6. The van der Waals surface area contributed by atoms with Crippen molar-refractivity contribution in [1.29, 1.82) is 0 Å². The van der Waals surface area contributed by atoms with Gasteiger partial charge in [0, 0.05) is 35.2 Å². The number of nitrogens with one attached hydrogen (secondary N) is 3. The Morgan fingerprint density at radius 3 is 2.50 bits per heavy atom. The summed E-state index contributed by atoms with van der Waals surface area (Å²) in [6.45, 7) is 2.74. The molecule has 1 atom stereocenters. The van der Waals surface area contributed by atoms with Gasteiger partial charge in [0.25, 0.3) is 0 Å². The van der Waals surface area contributed by atoms with E-state index in [0.29, 0.717) is 11.7 Å². The molecule has 0 saturated heterocycles. The van der Waals surface area contributed by atoms with Gasteiger partial charge in [-0.2, -0.15) is 0 Å². The van der Waals surface area contributed by atoms with Gasteiger partial charge in [-0.1, -0.05) is 48.5 Å². The topological polar surface area (TPSA) is 49.1 Å². The van der Waals surface area contributed by atoms with Crippen LogP contribution in [0.1, 0.15) is 22.6 Å². The second-order valence-electron chi connectivity index (χ2n) is 7.27. The molecule has 3 N–H and O–H groups in total. The summed E-state index contributed by atoms with van der Waals surface area (Å²) in [5.74, 6) is 0.977. The maximum atomic E-state index is 5.58. The van der Waals surface area contributed by atoms with Crippen molar-refractivity contribution in [3.8, 4) is 5.75 Å². The van der Waals surface area contributed by atoms with Gasteiger partial charge in [-0.25, -0.2) is 0 Å². The summed E-state index contributed by atoms with van der Waals surface area (Å²) in [6, 6.07) is 24.7. The molecular weight excluding hydrogens is 390 g/mol. The molecule has 5 heteroatoms. The van der Waals surface area contributed by atoms with Crippen molar-refractivity contribution in [2.75, 3.05) is 19.0 Å². The quantitative estimate of drug-likeness (QED) is 0.359. The van der Waals surface area contributed by atoms with Crippen LogP contribution in [0.4, 0.5) is 5.69 Å². The third-order valence-electron chi connectivity index (χ3n) is 5.37. The van der Waals surface area contributed by atoms with Gasteiger partial charge in [0.2, 0.25) is 0 Å². The Labute approximate surface area is 182 Å². The predicted octanol–water partition coefficient (Wildman–Crippen LogP) is 5.60. The number of aromatic amines is 1. The molecule has 4 aromatic rings. The normalized spacial score (nSPS) is 11.8. The molecule has 0 spiro atoms. The van der Waals surface area contributed by atoms with E-state index in [4.69, 9.17) is 17.0 Å². The number of hydrogen-bond acceptors (Lipinski definition) is 2. The van der Waals surface area contributed by atoms with Crippen LogP contribution in [0.25, 0.3) is 10.9 Å². The fourth-order valence-electron chi connectivity index (χ4n) is 3.70. The molecule has 0 aliphatic carbocycles. The molecule has 0 bridgehead atoms. The van der Waals surface area contributed by atoms with Crippen LogP contribution < -0.4 is 15.4 Å². The maximum Gasteiger partial charge on any atom is 0.170 e. The van der Waals surface area contributed by atoms with E-state index in [1.165, 1.54) is 16.5 Å². The van der Waals surface area contributed by atoms with Crippen molar-refractivity contribution in [2.24, 2.45) is 0 Å². The lowest BCUT2D eigenvalue weighted by Crippen LogP contribution is -2.32. The van der Waals surface area contributed by atoms with Crippen LogP contribution in [0.15, 0.2) is 79.0 Å². The molecule has 30 heavy (non-hydrogen) atoms. The van der Waals surface area contributed by atoms with Crippen molar-refractivity contribution in [3.63, 3.8) is 0 Å². The highest BCUT2D eigenvalue weighted by Gasteiger charge is 2.19. The summed E-state index contributed by atoms with van der Waals surface area (Å²) in [7, 11) is 1.68. The molecule has 0 saturated carbocycles. The van der Waals surface area contributed by atoms with E-state index in [9.17, 15) is 0 Å². The number of anilines is 1. The molecule has 0 radical (unpaired) electrons. The lowest BCUT2D eigenvalue weighted by atomic mass is 9.91. The van der Waals surface area contributed by atoms with Crippen molar-refractivity contribution in [2.45, 2.75) is 12.8 Å². The van der Waals surface area contributed by atoms with Crippen molar-refractivity contribution >= 4 is 33.9 Å². The highest BCUT2D eigenvalue weighted by Crippen LogP contribution is 2.31. The monoisotopic (exact) mass is 415 g/mol. The number of para-hydroxylation sites is 2. The first-order valence-corrected chi connectivity index (χ1v) is 10.4. The van der Waals surface area contributed by atoms with Gasteiger partial charge < -0.3 is 20.4 Å². The number of methoxy groups -OCH3 is 1. The third kappa shape index (κ3) is 4.31. The fraction of sp³-hybridized carbons (Fsp3) is 0.160. The Balaban J connectivity index is 1.59. The molecule has 0 fully saturated rings. The second-order valence-corrected chi connectivity index (χ2v) is 7.67. The Morgan fingerprint density at radius 1 is 1.00 bits per heavy atom. The zero-order chi connectivity index (χ0) is 20.9. The van der Waals surface area contributed by atoms with Crippen LogP contribution in [-0.2, 0) is 0 Å². The van der Waals surface area contributed by atoms with Crippen LogP contribution in [-0.4, -0.2) is 23.8 Å². The van der Waals surface area contributed by atoms with E-state index in [0.717, 1.165) is 22.5 Å². The molecule has 152 valence electrons. The van der Waals surface area contributed by atoms with E-state index < -0.39 is 0 Å². The number of aromatic nitrogens is 1. The number of fused-ring (bicyclic) bond motifs is 1. The predicted molar refractivity (Wildman–Crippen MR) is 129 cm³/mol. The van der Waals surface area contributed by atoms with Gasteiger partial charge in [0.15, 0.2) is 5.11 Å². The standard InChI is InChI=1S/C25H25N3OS/c1-17-7-3-5-9-23(17)28-25(30)27-15-21(18-11-13-19(29-2)14-12-18)22-16-26-24-10-6-4-8-20(22)24/h3-14,16,21,26H,15H2,1-2H3,(H2,27,28,30)/t21-/m1/s1. The summed E-state index contributed by atoms with van der Waals surface area (Å²) in [6.07, 6.45) is 2.10. The minimum Gasteiger partial charge on any atom is -0.497 e. The minimum atomic E-state index is 0.128. The minimum absolute atomic E-state index is 0.128. The first-order chi connectivity index (χ1) is 14.7. The maximum absolute atomic E-state index is 5.58. The third-order valence-corrected chi connectivity index (χ3v) is 5.62. The van der Waals surface area contributed by atoms with Crippen LogP contribution in [0.3, 0.4) is 0 Å². The Morgan fingerprint density at radius 2 is 1.73 bits per heavy atom. The van der Waals surface area contributed by atoms with E-state index in [-0.39, 0.29) is 5.92 Å². The van der Waals surface area contributed by atoms with Gasteiger partial charge in [-0.05, 0) is 60.1 Å². The molecule has 3 aromatic carbocycles. The molecule has 4 rings (SSSR count). The largest absolute Gasteiger partial charge is 0.497 e. The number of hydrogen-bond donors (Lipinski definition) is 3. The van der Waals surface area contributed by atoms with Gasteiger partial charge in [0.05, 0.1) is 7.11 Å². The number of ether oxygens (including phenoxy) is 1. The fourth-order valence-corrected chi connectivity index (χ4v) is 3.89. The molecule has 1 aromatic heterocycles. The smallest absolute Gasteiger partial charge is 0.170 e. The van der Waals surface area contributed by atoms with Crippen molar-refractivity contribution in [3.05, 3.63) is 95.7 Å². The summed E-state index contributed by atoms with van der Waals surface area (Å²) < 4.78 is 5.33. The van der Waals surface area contributed by atoms with Gasteiger partial charge >= 0.3 is 0 Å². The highest BCUT2D eigenvalue weighted by atomic mass is 32.1. The first kappa shape index (κ1) is 20.0. The number of thiocarbonyl (C=S) groups is 1. The summed E-state index contributed by atoms with van der Waals surface area (Å²) in [4.78, 5) is 3.39.